The second kappa shape index (κ2) is 11.7. The molecule has 0 saturated heterocycles. The van der Waals surface area contributed by atoms with Gasteiger partial charge in [-0.05, 0) is 67.1 Å². The van der Waals surface area contributed by atoms with E-state index >= 15 is 0 Å². The summed E-state index contributed by atoms with van der Waals surface area (Å²) in [6.07, 6.45) is 0. The number of rotatable bonds is 9. The number of halogens is 1. The molecule has 0 spiro atoms. The third-order valence-electron chi connectivity index (χ3n) is 5.50. The van der Waals surface area contributed by atoms with Crippen LogP contribution in [0.3, 0.4) is 0 Å². The maximum absolute atomic E-state index is 13.4. The van der Waals surface area contributed by atoms with Gasteiger partial charge in [0.1, 0.15) is 5.25 Å². The number of benzene rings is 4. The Hall–Kier alpha value is -3.79. The van der Waals surface area contributed by atoms with Crippen molar-refractivity contribution in [3.8, 4) is 0 Å². The van der Waals surface area contributed by atoms with Crippen molar-refractivity contribution in [2.24, 2.45) is 0 Å². The SMILES string of the molecule is Cc1ccc(S(=O)(=O)Nc2ccc(SC(C(=O)Nc3cc(C(=O)O)ccc3Cl)c3ccccc3)cc2)cc1. The van der Waals surface area contributed by atoms with Crippen LogP contribution in [-0.4, -0.2) is 25.4 Å². The average molecular weight is 567 g/mol. The molecule has 0 heterocycles. The molecule has 194 valence electrons. The summed E-state index contributed by atoms with van der Waals surface area (Å²) >= 11 is 7.47. The lowest BCUT2D eigenvalue weighted by Crippen LogP contribution is -2.19. The predicted molar refractivity (Wildman–Crippen MR) is 151 cm³/mol. The Morgan fingerprint density at radius 1 is 0.895 bits per heavy atom. The molecule has 0 aromatic heterocycles. The monoisotopic (exact) mass is 566 g/mol. The van der Waals surface area contributed by atoms with Gasteiger partial charge in [0.15, 0.2) is 0 Å². The first kappa shape index (κ1) is 27.3. The highest BCUT2D eigenvalue weighted by atomic mass is 35.5. The lowest BCUT2D eigenvalue weighted by molar-refractivity contribution is -0.115. The third kappa shape index (κ3) is 6.74. The number of sulfonamides is 1. The van der Waals surface area contributed by atoms with Gasteiger partial charge in [0.2, 0.25) is 5.91 Å². The standard InChI is InChI=1S/C28H23ClN2O5S2/c1-18-7-14-23(15-8-18)38(35,36)31-21-10-12-22(13-11-21)37-26(19-5-3-2-4-6-19)27(32)30-25-17-20(28(33)34)9-16-24(25)29/h2-17,26,31H,1H3,(H,30,32)(H,33,34). The largest absolute Gasteiger partial charge is 0.478 e. The van der Waals surface area contributed by atoms with Crippen molar-refractivity contribution >= 4 is 56.6 Å². The highest BCUT2D eigenvalue weighted by Crippen LogP contribution is 2.37. The lowest BCUT2D eigenvalue weighted by Gasteiger charge is -2.18. The molecule has 3 N–H and O–H groups in total. The van der Waals surface area contributed by atoms with Crippen molar-refractivity contribution in [2.75, 3.05) is 10.0 Å². The quantitative estimate of drug-likeness (QED) is 0.196. The van der Waals surface area contributed by atoms with Gasteiger partial charge in [-0.25, -0.2) is 13.2 Å². The summed E-state index contributed by atoms with van der Waals surface area (Å²) in [5.41, 5.74) is 2.26. The number of carboxylic acid groups (broad SMARTS) is 1. The summed E-state index contributed by atoms with van der Waals surface area (Å²) in [4.78, 5) is 25.6. The Morgan fingerprint density at radius 2 is 1.55 bits per heavy atom. The number of thioether (sulfide) groups is 1. The first-order chi connectivity index (χ1) is 18.1. The van der Waals surface area contributed by atoms with Crippen LogP contribution in [0.2, 0.25) is 5.02 Å². The van der Waals surface area contributed by atoms with Crippen LogP contribution < -0.4 is 10.0 Å². The summed E-state index contributed by atoms with van der Waals surface area (Å²) < 4.78 is 28.0. The topological polar surface area (TPSA) is 113 Å². The molecule has 1 atom stereocenters. The van der Waals surface area contributed by atoms with Crippen LogP contribution in [0.5, 0.6) is 0 Å². The number of carboxylic acids is 1. The maximum atomic E-state index is 13.4. The van der Waals surface area contributed by atoms with E-state index in [0.717, 1.165) is 16.0 Å². The van der Waals surface area contributed by atoms with Crippen molar-refractivity contribution in [2.45, 2.75) is 22.0 Å². The molecular formula is C28H23ClN2O5S2. The second-order valence-electron chi connectivity index (χ2n) is 8.34. The smallest absolute Gasteiger partial charge is 0.335 e. The number of aromatic carboxylic acids is 1. The van der Waals surface area contributed by atoms with E-state index in [1.165, 1.54) is 30.0 Å². The highest BCUT2D eigenvalue weighted by Gasteiger charge is 2.23. The Balaban J connectivity index is 1.54. The number of hydrogen-bond donors (Lipinski definition) is 3. The highest BCUT2D eigenvalue weighted by molar-refractivity contribution is 8.00. The molecule has 1 unspecified atom stereocenters. The van der Waals surface area contributed by atoms with E-state index in [9.17, 15) is 23.1 Å². The van der Waals surface area contributed by atoms with Crippen molar-refractivity contribution in [1.29, 1.82) is 0 Å². The zero-order chi connectivity index (χ0) is 27.3. The number of hydrogen-bond acceptors (Lipinski definition) is 5. The van der Waals surface area contributed by atoms with Gasteiger partial charge in [0.25, 0.3) is 10.0 Å². The molecule has 0 aliphatic carbocycles. The molecule has 0 bridgehead atoms. The predicted octanol–water partition coefficient (Wildman–Crippen LogP) is 6.62. The molecule has 0 saturated carbocycles. The Labute approximate surface area is 229 Å². The number of aryl methyl sites for hydroxylation is 1. The van der Waals surface area contributed by atoms with E-state index in [2.05, 4.69) is 10.0 Å². The zero-order valence-electron chi connectivity index (χ0n) is 20.1. The van der Waals surface area contributed by atoms with Gasteiger partial charge in [-0.1, -0.05) is 59.6 Å². The Kier molecular flexibility index (Phi) is 8.41. The van der Waals surface area contributed by atoms with E-state index < -0.39 is 27.1 Å². The van der Waals surface area contributed by atoms with Gasteiger partial charge in [-0.3, -0.25) is 9.52 Å². The average Bonchev–Trinajstić information content (AvgIpc) is 2.90. The van der Waals surface area contributed by atoms with Gasteiger partial charge in [-0.15, -0.1) is 11.8 Å². The van der Waals surface area contributed by atoms with Crippen LogP contribution in [-0.2, 0) is 14.8 Å². The number of anilines is 2. The van der Waals surface area contributed by atoms with Crippen LogP contribution in [0.4, 0.5) is 11.4 Å². The summed E-state index contributed by atoms with van der Waals surface area (Å²) in [7, 11) is -3.75. The van der Waals surface area contributed by atoms with Crippen LogP contribution in [0.25, 0.3) is 0 Å². The molecular weight excluding hydrogens is 544 g/mol. The van der Waals surface area contributed by atoms with E-state index in [1.54, 1.807) is 48.5 Å². The second-order valence-corrected chi connectivity index (χ2v) is 11.6. The van der Waals surface area contributed by atoms with Crippen molar-refractivity contribution in [3.05, 3.63) is 119 Å². The summed E-state index contributed by atoms with van der Waals surface area (Å²) in [5, 5.41) is 11.5. The number of carbonyl (C=O) groups is 2. The normalized spacial score (nSPS) is 11.9. The van der Waals surface area contributed by atoms with Crippen LogP contribution >= 0.6 is 23.4 Å². The summed E-state index contributed by atoms with van der Waals surface area (Å²) in [5.74, 6) is -1.53. The van der Waals surface area contributed by atoms with Crippen LogP contribution in [0.15, 0.2) is 107 Å². The zero-order valence-corrected chi connectivity index (χ0v) is 22.5. The molecule has 0 aliphatic rings. The van der Waals surface area contributed by atoms with Gasteiger partial charge in [0, 0.05) is 10.6 Å². The van der Waals surface area contributed by atoms with Gasteiger partial charge >= 0.3 is 5.97 Å². The maximum Gasteiger partial charge on any atom is 0.335 e. The van der Waals surface area contributed by atoms with Crippen molar-refractivity contribution in [1.82, 2.24) is 0 Å². The van der Waals surface area contributed by atoms with E-state index in [4.69, 9.17) is 11.6 Å². The fourth-order valence-electron chi connectivity index (χ4n) is 3.52. The molecule has 10 heteroatoms. The number of nitrogens with one attached hydrogen (secondary N) is 2. The molecule has 0 fully saturated rings. The van der Waals surface area contributed by atoms with Gasteiger partial charge < -0.3 is 10.4 Å². The van der Waals surface area contributed by atoms with Gasteiger partial charge in [0.05, 0.1) is 21.2 Å². The minimum atomic E-state index is -3.75. The Morgan fingerprint density at radius 3 is 2.18 bits per heavy atom. The molecule has 4 rings (SSSR count). The Bertz CT molecular complexity index is 1560. The molecule has 4 aromatic carbocycles. The first-order valence-electron chi connectivity index (χ1n) is 11.4. The molecule has 7 nitrogen and oxygen atoms in total. The summed E-state index contributed by atoms with van der Waals surface area (Å²) in [6.45, 7) is 1.88. The van der Waals surface area contributed by atoms with E-state index in [0.29, 0.717) is 5.69 Å². The first-order valence-corrected chi connectivity index (χ1v) is 14.1. The number of carbonyl (C=O) groups excluding carboxylic acids is 1. The minimum Gasteiger partial charge on any atom is -0.478 e. The van der Waals surface area contributed by atoms with Gasteiger partial charge in [-0.2, -0.15) is 0 Å². The molecule has 38 heavy (non-hydrogen) atoms. The molecule has 1 amide bonds. The van der Waals surface area contributed by atoms with Crippen LogP contribution in [0.1, 0.15) is 26.7 Å². The summed E-state index contributed by atoms with van der Waals surface area (Å²) in [6, 6.07) is 26.4. The lowest BCUT2D eigenvalue weighted by atomic mass is 10.1. The van der Waals surface area contributed by atoms with Crippen molar-refractivity contribution in [3.63, 3.8) is 0 Å². The van der Waals surface area contributed by atoms with Crippen LogP contribution in [0, 0.1) is 6.92 Å². The molecule has 0 aliphatic heterocycles. The number of amides is 1. The molecule has 4 aromatic rings. The molecule has 0 radical (unpaired) electrons. The van der Waals surface area contributed by atoms with E-state index in [1.807, 2.05) is 37.3 Å². The van der Waals surface area contributed by atoms with Crippen molar-refractivity contribution < 1.29 is 23.1 Å². The fourth-order valence-corrected chi connectivity index (χ4v) is 5.77. The minimum absolute atomic E-state index is 0.00251. The fraction of sp³-hybridized carbons (Fsp3) is 0.0714. The third-order valence-corrected chi connectivity index (χ3v) is 8.50. The van der Waals surface area contributed by atoms with E-state index in [-0.39, 0.29) is 21.2 Å².